The van der Waals surface area contributed by atoms with Crippen LogP contribution in [0.1, 0.15) is 17.8 Å². The van der Waals surface area contributed by atoms with Crippen molar-refractivity contribution in [2.45, 2.75) is 19.9 Å². The van der Waals surface area contributed by atoms with E-state index in [9.17, 15) is 4.79 Å². The van der Waals surface area contributed by atoms with Crippen molar-refractivity contribution in [3.63, 3.8) is 0 Å². The molecule has 1 aromatic heterocycles. The molecule has 1 aromatic carbocycles. The average molecular weight is 342 g/mol. The number of amides is 1. The fourth-order valence-electron chi connectivity index (χ4n) is 3.07. The van der Waals surface area contributed by atoms with Crippen LogP contribution in [0.25, 0.3) is 0 Å². The van der Waals surface area contributed by atoms with Gasteiger partial charge < -0.3 is 14.2 Å². The SMILES string of the molecule is Cc1cccc(OCC(=O)N2CCCN(Cc3nccn3C)CC2)c1. The maximum atomic E-state index is 12.5. The summed E-state index contributed by atoms with van der Waals surface area (Å²) in [6, 6.07) is 7.79. The largest absolute Gasteiger partial charge is 0.484 e. The van der Waals surface area contributed by atoms with Crippen LogP contribution in [0.2, 0.25) is 0 Å². The fraction of sp³-hybridized carbons (Fsp3) is 0.474. The van der Waals surface area contributed by atoms with E-state index in [4.69, 9.17) is 4.74 Å². The Labute approximate surface area is 149 Å². The lowest BCUT2D eigenvalue weighted by Crippen LogP contribution is -2.38. The van der Waals surface area contributed by atoms with Crippen molar-refractivity contribution < 1.29 is 9.53 Å². The molecule has 1 amide bonds. The smallest absolute Gasteiger partial charge is 0.260 e. The summed E-state index contributed by atoms with van der Waals surface area (Å²) in [5.74, 6) is 1.86. The minimum Gasteiger partial charge on any atom is -0.484 e. The van der Waals surface area contributed by atoms with Gasteiger partial charge >= 0.3 is 0 Å². The molecule has 0 N–H and O–H groups in total. The van der Waals surface area contributed by atoms with Crippen LogP contribution in [0.3, 0.4) is 0 Å². The second-order valence-electron chi connectivity index (χ2n) is 6.57. The molecule has 0 saturated carbocycles. The van der Waals surface area contributed by atoms with Crippen molar-refractivity contribution in [2.75, 3.05) is 32.8 Å². The number of carbonyl (C=O) groups is 1. The maximum Gasteiger partial charge on any atom is 0.260 e. The molecule has 2 heterocycles. The molecular formula is C19H26N4O2. The Hall–Kier alpha value is -2.34. The first-order valence-corrected chi connectivity index (χ1v) is 8.77. The van der Waals surface area contributed by atoms with Crippen molar-refractivity contribution >= 4 is 5.91 Å². The molecule has 2 aromatic rings. The van der Waals surface area contributed by atoms with Gasteiger partial charge in [-0.05, 0) is 31.0 Å². The summed E-state index contributed by atoms with van der Waals surface area (Å²) >= 11 is 0. The molecule has 0 bridgehead atoms. The molecule has 0 radical (unpaired) electrons. The van der Waals surface area contributed by atoms with E-state index >= 15 is 0 Å². The van der Waals surface area contributed by atoms with Gasteiger partial charge in [-0.25, -0.2) is 4.98 Å². The number of nitrogens with zero attached hydrogens (tertiary/aromatic N) is 4. The highest BCUT2D eigenvalue weighted by Gasteiger charge is 2.20. The van der Waals surface area contributed by atoms with E-state index < -0.39 is 0 Å². The summed E-state index contributed by atoms with van der Waals surface area (Å²) in [5, 5.41) is 0. The van der Waals surface area contributed by atoms with Crippen molar-refractivity contribution in [2.24, 2.45) is 7.05 Å². The van der Waals surface area contributed by atoms with Gasteiger partial charge in [-0.2, -0.15) is 0 Å². The summed E-state index contributed by atoms with van der Waals surface area (Å²) in [5.41, 5.74) is 1.13. The number of aryl methyl sites for hydroxylation is 2. The molecule has 134 valence electrons. The van der Waals surface area contributed by atoms with Crippen LogP contribution in [0, 0.1) is 6.92 Å². The number of aromatic nitrogens is 2. The molecule has 1 aliphatic rings. The minimum absolute atomic E-state index is 0.0559. The number of imidazole rings is 1. The van der Waals surface area contributed by atoms with Gasteiger partial charge in [0.15, 0.2) is 6.61 Å². The van der Waals surface area contributed by atoms with Crippen LogP contribution < -0.4 is 4.74 Å². The standard InChI is InChI=1S/C19H26N4O2/c1-16-5-3-6-17(13-16)25-15-19(24)23-9-4-8-22(11-12-23)14-18-20-7-10-21(18)2/h3,5-7,10,13H,4,8-9,11-12,14-15H2,1-2H3. The summed E-state index contributed by atoms with van der Waals surface area (Å²) in [7, 11) is 2.01. The lowest BCUT2D eigenvalue weighted by molar-refractivity contribution is -0.133. The highest BCUT2D eigenvalue weighted by atomic mass is 16.5. The molecule has 0 unspecified atom stereocenters. The van der Waals surface area contributed by atoms with Gasteiger partial charge in [0, 0.05) is 45.6 Å². The summed E-state index contributed by atoms with van der Waals surface area (Å²) in [4.78, 5) is 21.1. The van der Waals surface area contributed by atoms with Crippen LogP contribution in [-0.4, -0.2) is 58.0 Å². The molecule has 1 aliphatic heterocycles. The minimum atomic E-state index is 0.0559. The molecule has 25 heavy (non-hydrogen) atoms. The predicted molar refractivity (Wildman–Crippen MR) is 96.4 cm³/mol. The summed E-state index contributed by atoms with van der Waals surface area (Å²) < 4.78 is 7.70. The van der Waals surface area contributed by atoms with Gasteiger partial charge in [-0.3, -0.25) is 9.69 Å². The number of rotatable bonds is 5. The summed E-state index contributed by atoms with van der Waals surface area (Å²) in [6.07, 6.45) is 4.76. The molecule has 0 atom stereocenters. The van der Waals surface area contributed by atoms with Gasteiger partial charge in [0.05, 0.1) is 6.54 Å². The maximum absolute atomic E-state index is 12.5. The van der Waals surface area contributed by atoms with E-state index in [2.05, 4.69) is 9.88 Å². The van der Waals surface area contributed by atoms with E-state index in [1.165, 1.54) is 0 Å². The van der Waals surface area contributed by atoms with Crippen molar-refractivity contribution in [1.29, 1.82) is 0 Å². The Morgan fingerprint density at radius 2 is 2.12 bits per heavy atom. The zero-order chi connectivity index (χ0) is 17.6. The number of ether oxygens (including phenoxy) is 1. The van der Waals surface area contributed by atoms with Gasteiger partial charge in [-0.1, -0.05) is 12.1 Å². The third-order valence-electron chi connectivity index (χ3n) is 4.58. The van der Waals surface area contributed by atoms with Gasteiger partial charge in [0.1, 0.15) is 11.6 Å². The topological polar surface area (TPSA) is 50.6 Å². The Balaban J connectivity index is 1.48. The van der Waals surface area contributed by atoms with Gasteiger partial charge in [-0.15, -0.1) is 0 Å². The first-order valence-electron chi connectivity index (χ1n) is 8.77. The zero-order valence-corrected chi connectivity index (χ0v) is 15.0. The van der Waals surface area contributed by atoms with Gasteiger partial charge in [0.2, 0.25) is 0 Å². The van der Waals surface area contributed by atoms with Crippen LogP contribution >= 0.6 is 0 Å². The first kappa shape index (κ1) is 17.5. The lowest BCUT2D eigenvalue weighted by atomic mass is 10.2. The second kappa shape index (κ2) is 8.16. The second-order valence-corrected chi connectivity index (χ2v) is 6.57. The van der Waals surface area contributed by atoms with Crippen molar-refractivity contribution in [3.05, 3.63) is 48.0 Å². The lowest BCUT2D eigenvalue weighted by Gasteiger charge is -2.22. The molecule has 0 spiro atoms. The van der Waals surface area contributed by atoms with E-state index in [0.29, 0.717) is 0 Å². The first-order chi connectivity index (χ1) is 12.1. The fourth-order valence-corrected chi connectivity index (χ4v) is 3.07. The van der Waals surface area contributed by atoms with Crippen LogP contribution in [-0.2, 0) is 18.4 Å². The monoisotopic (exact) mass is 342 g/mol. The van der Waals surface area contributed by atoms with Crippen LogP contribution in [0.5, 0.6) is 5.75 Å². The van der Waals surface area contributed by atoms with E-state index in [-0.39, 0.29) is 12.5 Å². The zero-order valence-electron chi connectivity index (χ0n) is 15.0. The quantitative estimate of drug-likeness (QED) is 0.832. The molecule has 1 saturated heterocycles. The normalized spacial score (nSPS) is 15.8. The van der Waals surface area contributed by atoms with Crippen molar-refractivity contribution in [1.82, 2.24) is 19.4 Å². The molecular weight excluding hydrogens is 316 g/mol. The Morgan fingerprint density at radius 3 is 2.88 bits per heavy atom. The van der Waals surface area contributed by atoms with Crippen LogP contribution in [0.15, 0.2) is 36.7 Å². The third-order valence-corrected chi connectivity index (χ3v) is 4.58. The van der Waals surface area contributed by atoms with E-state index in [1.54, 1.807) is 0 Å². The number of hydrogen-bond acceptors (Lipinski definition) is 4. The number of carbonyl (C=O) groups excluding carboxylic acids is 1. The highest BCUT2D eigenvalue weighted by molar-refractivity contribution is 5.77. The molecule has 6 nitrogen and oxygen atoms in total. The Bertz CT molecular complexity index is 713. The van der Waals surface area contributed by atoms with Crippen LogP contribution in [0.4, 0.5) is 0 Å². The Morgan fingerprint density at radius 1 is 1.24 bits per heavy atom. The molecule has 3 rings (SSSR count). The third kappa shape index (κ3) is 4.82. The highest BCUT2D eigenvalue weighted by Crippen LogP contribution is 2.13. The predicted octanol–water partition coefficient (Wildman–Crippen LogP) is 1.84. The Kier molecular flexibility index (Phi) is 5.71. The molecule has 0 aliphatic carbocycles. The number of benzene rings is 1. The van der Waals surface area contributed by atoms with Crippen molar-refractivity contribution in [3.8, 4) is 5.75 Å². The van der Waals surface area contributed by atoms with E-state index in [1.807, 2.05) is 60.1 Å². The summed E-state index contributed by atoms with van der Waals surface area (Å²) in [6.45, 7) is 6.31. The average Bonchev–Trinajstić information content (AvgIpc) is 2.85. The molecule has 1 fully saturated rings. The van der Waals surface area contributed by atoms with E-state index in [0.717, 1.165) is 56.3 Å². The molecule has 6 heteroatoms. The number of hydrogen-bond donors (Lipinski definition) is 0. The van der Waals surface area contributed by atoms with Gasteiger partial charge in [0.25, 0.3) is 5.91 Å².